The van der Waals surface area contributed by atoms with Crippen LogP contribution in [0.15, 0.2) is 97.3 Å². The summed E-state index contributed by atoms with van der Waals surface area (Å²) in [7, 11) is 0. The van der Waals surface area contributed by atoms with Crippen molar-refractivity contribution < 1.29 is 19.4 Å². The third-order valence-corrected chi connectivity index (χ3v) is 8.55. The largest absolute Gasteiger partial charge is 0.472 e. The van der Waals surface area contributed by atoms with E-state index in [1.54, 1.807) is 31.7 Å². The van der Waals surface area contributed by atoms with Crippen LogP contribution in [-0.2, 0) is 15.1 Å². The Morgan fingerprint density at radius 1 is 0.979 bits per heavy atom. The summed E-state index contributed by atoms with van der Waals surface area (Å²) in [6, 6.07) is 33.2. The van der Waals surface area contributed by atoms with Crippen LogP contribution in [0.2, 0.25) is 0 Å². The van der Waals surface area contributed by atoms with E-state index in [9.17, 15) is 15.2 Å². The first kappa shape index (κ1) is 32.8. The van der Waals surface area contributed by atoms with Crippen molar-refractivity contribution in [1.82, 2.24) is 24.4 Å². The number of rotatable bonds is 11. The van der Waals surface area contributed by atoms with E-state index >= 15 is 0 Å². The molecule has 0 aliphatic carbocycles. The molecule has 2 aromatic heterocycles. The van der Waals surface area contributed by atoms with Crippen molar-refractivity contribution in [1.29, 1.82) is 5.26 Å². The number of hydrogen-bond donors (Lipinski definition) is 2. The minimum Gasteiger partial charge on any atom is -0.472 e. The summed E-state index contributed by atoms with van der Waals surface area (Å²) < 4.78 is 14.4. The van der Waals surface area contributed by atoms with Gasteiger partial charge in [0.05, 0.1) is 37.1 Å². The van der Waals surface area contributed by atoms with Gasteiger partial charge in [0.2, 0.25) is 17.7 Å². The fraction of sp³-hybridized carbons (Fsp3) is 0.324. The zero-order chi connectivity index (χ0) is 33.7. The molecule has 0 spiro atoms. The molecular weight excluding hydrogens is 606 g/mol. The van der Waals surface area contributed by atoms with Gasteiger partial charge in [0.15, 0.2) is 11.2 Å². The number of carbonyl (C=O) groups is 1. The van der Waals surface area contributed by atoms with Crippen LogP contribution < -0.4 is 10.1 Å². The number of nitrogens with zero attached hydrogens (tertiary/aromatic N) is 6. The number of hydrogen-bond acceptors (Lipinski definition) is 9. The molecule has 5 aromatic rings. The van der Waals surface area contributed by atoms with Crippen molar-refractivity contribution in [3.63, 3.8) is 0 Å². The van der Waals surface area contributed by atoms with Crippen LogP contribution in [0.4, 0.5) is 5.95 Å². The second-order valence-corrected chi connectivity index (χ2v) is 12.2. The SMILES string of the molecule is CC(C)C(=O)Nc1nc(O[C@H](C)CC#N)c2ncn([C@H]3CN(C(c4ccccc4)(c4ccccc4)c4ccccc4)C[C@@H](CO)O3)c2n1. The Morgan fingerprint density at radius 3 is 2.08 bits per heavy atom. The lowest BCUT2D eigenvalue weighted by Gasteiger charge is -2.50. The van der Waals surface area contributed by atoms with Crippen LogP contribution in [0, 0.1) is 17.2 Å². The molecule has 1 aliphatic rings. The number of imidazole rings is 1. The second-order valence-electron chi connectivity index (χ2n) is 12.2. The van der Waals surface area contributed by atoms with E-state index in [4.69, 9.17) is 14.5 Å². The Hall–Kier alpha value is -5.15. The molecule has 6 rings (SSSR count). The average molecular weight is 646 g/mol. The number of nitriles is 1. The summed E-state index contributed by atoms with van der Waals surface area (Å²) in [6.45, 7) is 5.94. The Balaban J connectivity index is 1.51. The van der Waals surface area contributed by atoms with Gasteiger partial charge >= 0.3 is 0 Å². The van der Waals surface area contributed by atoms with Crippen LogP contribution in [0.1, 0.15) is 50.1 Å². The maximum absolute atomic E-state index is 12.7. The summed E-state index contributed by atoms with van der Waals surface area (Å²) in [5.74, 6) is -0.353. The lowest BCUT2D eigenvalue weighted by molar-refractivity contribution is -0.148. The number of carbonyl (C=O) groups excluding carboxylic acids is 1. The van der Waals surface area contributed by atoms with Gasteiger partial charge in [-0.15, -0.1) is 0 Å². The number of nitrogens with one attached hydrogen (secondary N) is 1. The predicted octanol–water partition coefficient (Wildman–Crippen LogP) is 5.29. The molecule has 3 atom stereocenters. The van der Waals surface area contributed by atoms with Gasteiger partial charge in [-0.25, -0.2) is 4.98 Å². The van der Waals surface area contributed by atoms with E-state index in [0.29, 0.717) is 24.3 Å². The normalized spacial score (nSPS) is 17.6. The first-order chi connectivity index (χ1) is 23.3. The van der Waals surface area contributed by atoms with Gasteiger partial charge in [-0.2, -0.15) is 15.2 Å². The van der Waals surface area contributed by atoms with E-state index < -0.39 is 24.0 Å². The number of anilines is 1. The summed E-state index contributed by atoms with van der Waals surface area (Å²) >= 11 is 0. The van der Waals surface area contributed by atoms with Crippen molar-refractivity contribution >= 4 is 23.0 Å². The number of aliphatic hydroxyl groups excluding tert-OH is 1. The molecular formula is C37H39N7O4. The summed E-state index contributed by atoms with van der Waals surface area (Å²) in [6.07, 6.45) is 0.0801. The van der Waals surface area contributed by atoms with Crippen LogP contribution in [0.25, 0.3) is 11.2 Å². The van der Waals surface area contributed by atoms with E-state index in [1.807, 2.05) is 54.6 Å². The Kier molecular flexibility index (Phi) is 9.77. The van der Waals surface area contributed by atoms with Gasteiger partial charge < -0.3 is 14.6 Å². The quantitative estimate of drug-likeness (QED) is 0.184. The smallest absolute Gasteiger partial charge is 0.247 e. The zero-order valence-electron chi connectivity index (χ0n) is 27.2. The summed E-state index contributed by atoms with van der Waals surface area (Å²) in [5.41, 5.74) is 3.21. The fourth-order valence-electron chi connectivity index (χ4n) is 6.29. The van der Waals surface area contributed by atoms with Crippen LogP contribution in [0.3, 0.4) is 0 Å². The molecule has 3 heterocycles. The lowest BCUT2D eigenvalue weighted by atomic mass is 9.75. The Morgan fingerprint density at radius 2 is 1.56 bits per heavy atom. The molecule has 11 heteroatoms. The third kappa shape index (κ3) is 6.38. The second kappa shape index (κ2) is 14.3. The standard InChI is InChI=1S/C37H39N7O4/c1-25(2)34(46)41-36-40-33-32(35(42-36)47-26(3)19-20-38)39-24-44(33)31-22-43(21-30(23-45)48-31)37(27-13-7-4-8-14-27,28-15-9-5-10-16-28)29-17-11-6-12-18-29/h4-18,24-26,30-31,45H,19,21-23H2,1-3H3,(H,40,41,42,46)/t26-,30+,31-/m1/s1. The van der Waals surface area contributed by atoms with Gasteiger partial charge in [0.1, 0.15) is 12.3 Å². The molecule has 1 aliphatic heterocycles. The molecule has 11 nitrogen and oxygen atoms in total. The molecule has 246 valence electrons. The number of ether oxygens (including phenoxy) is 2. The topological polar surface area (TPSA) is 138 Å². The van der Waals surface area contributed by atoms with Gasteiger partial charge in [-0.3, -0.25) is 19.6 Å². The average Bonchev–Trinajstić information content (AvgIpc) is 3.54. The highest BCUT2D eigenvalue weighted by atomic mass is 16.5. The number of amides is 1. The highest BCUT2D eigenvalue weighted by molar-refractivity contribution is 5.91. The Labute approximate surface area is 279 Å². The molecule has 0 radical (unpaired) electrons. The monoisotopic (exact) mass is 645 g/mol. The van der Waals surface area contributed by atoms with E-state index in [1.165, 1.54) is 0 Å². The van der Waals surface area contributed by atoms with Gasteiger partial charge in [0.25, 0.3) is 0 Å². The maximum Gasteiger partial charge on any atom is 0.247 e. The highest BCUT2D eigenvalue weighted by Gasteiger charge is 2.46. The molecule has 1 saturated heterocycles. The zero-order valence-corrected chi connectivity index (χ0v) is 27.2. The fourth-order valence-corrected chi connectivity index (χ4v) is 6.29. The van der Waals surface area contributed by atoms with Crippen molar-refractivity contribution in [2.75, 3.05) is 25.0 Å². The van der Waals surface area contributed by atoms with Crippen molar-refractivity contribution in [2.45, 2.75) is 51.2 Å². The first-order valence-corrected chi connectivity index (χ1v) is 16.1. The van der Waals surface area contributed by atoms with Gasteiger partial charge in [-0.05, 0) is 23.6 Å². The van der Waals surface area contributed by atoms with Crippen molar-refractivity contribution in [2.24, 2.45) is 5.92 Å². The number of morpholine rings is 1. The first-order valence-electron chi connectivity index (χ1n) is 16.1. The van der Waals surface area contributed by atoms with Gasteiger partial charge in [0, 0.05) is 19.0 Å². The van der Waals surface area contributed by atoms with Crippen molar-refractivity contribution in [3.05, 3.63) is 114 Å². The summed E-state index contributed by atoms with van der Waals surface area (Å²) in [5, 5.41) is 22.6. The van der Waals surface area contributed by atoms with E-state index in [-0.39, 0.29) is 36.7 Å². The number of aromatic nitrogens is 4. The van der Waals surface area contributed by atoms with Crippen LogP contribution in [-0.4, -0.2) is 67.3 Å². The lowest BCUT2D eigenvalue weighted by Crippen LogP contribution is -2.57. The molecule has 0 unspecified atom stereocenters. The predicted molar refractivity (Wildman–Crippen MR) is 181 cm³/mol. The van der Waals surface area contributed by atoms with Gasteiger partial charge in [-0.1, -0.05) is 105 Å². The third-order valence-electron chi connectivity index (χ3n) is 8.55. The molecule has 3 aromatic carbocycles. The molecule has 0 bridgehead atoms. The minimum absolute atomic E-state index is 0.0562. The highest BCUT2D eigenvalue weighted by Crippen LogP contribution is 2.45. The molecule has 1 amide bonds. The number of fused-ring (bicyclic) bond motifs is 1. The molecule has 2 N–H and O–H groups in total. The van der Waals surface area contributed by atoms with E-state index in [2.05, 4.69) is 62.7 Å². The Bertz CT molecular complexity index is 1780. The van der Waals surface area contributed by atoms with Crippen LogP contribution >= 0.6 is 0 Å². The molecule has 1 fully saturated rings. The summed E-state index contributed by atoms with van der Waals surface area (Å²) in [4.78, 5) is 28.9. The van der Waals surface area contributed by atoms with Crippen molar-refractivity contribution in [3.8, 4) is 11.9 Å². The van der Waals surface area contributed by atoms with E-state index in [0.717, 1.165) is 16.7 Å². The molecule has 48 heavy (non-hydrogen) atoms. The maximum atomic E-state index is 12.7. The molecule has 0 saturated carbocycles. The number of benzene rings is 3. The van der Waals surface area contributed by atoms with Crippen LogP contribution in [0.5, 0.6) is 5.88 Å². The minimum atomic E-state index is -0.748. The number of aliphatic hydroxyl groups is 1.